The number of aromatic nitrogens is 2. The van der Waals surface area contributed by atoms with Crippen molar-refractivity contribution in [2.45, 2.75) is 18.9 Å². The molecule has 1 aromatic heterocycles. The summed E-state index contributed by atoms with van der Waals surface area (Å²) in [5, 5.41) is 12.9. The van der Waals surface area contributed by atoms with Crippen LogP contribution < -0.4 is 10.9 Å². The van der Waals surface area contributed by atoms with E-state index in [1.54, 1.807) is 0 Å². The Kier molecular flexibility index (Phi) is 4.46. The van der Waals surface area contributed by atoms with Gasteiger partial charge in [0, 0.05) is 18.2 Å². The van der Waals surface area contributed by atoms with Crippen molar-refractivity contribution in [3.05, 3.63) is 69.9 Å². The Morgan fingerprint density at radius 1 is 1.32 bits per heavy atom. The average Bonchev–Trinajstić information content (AvgIpc) is 2.97. The van der Waals surface area contributed by atoms with E-state index < -0.39 is 0 Å². The zero-order valence-electron chi connectivity index (χ0n) is 12.2. The van der Waals surface area contributed by atoms with Gasteiger partial charge in [0.2, 0.25) is 0 Å². The minimum absolute atomic E-state index is 0.0191. The van der Waals surface area contributed by atoms with Crippen molar-refractivity contribution in [2.75, 3.05) is 13.2 Å². The van der Waals surface area contributed by atoms with Gasteiger partial charge in [0.25, 0.3) is 5.56 Å². The molecule has 0 radical (unpaired) electrons. The number of hydrogen-bond donors (Lipinski definition) is 3. The van der Waals surface area contributed by atoms with Gasteiger partial charge in [0.15, 0.2) is 0 Å². The van der Waals surface area contributed by atoms with Crippen molar-refractivity contribution in [3.63, 3.8) is 0 Å². The van der Waals surface area contributed by atoms with Gasteiger partial charge in [-0.05, 0) is 24.0 Å². The highest BCUT2D eigenvalue weighted by Gasteiger charge is 2.19. The lowest BCUT2D eigenvalue weighted by atomic mass is 10.1. The topological polar surface area (TPSA) is 78.0 Å². The van der Waals surface area contributed by atoms with Crippen LogP contribution in [0, 0.1) is 0 Å². The van der Waals surface area contributed by atoms with Gasteiger partial charge < -0.3 is 15.4 Å². The fourth-order valence-corrected chi connectivity index (χ4v) is 2.73. The Labute approximate surface area is 128 Å². The van der Waals surface area contributed by atoms with E-state index in [1.807, 2.05) is 24.3 Å². The molecule has 0 amide bonds. The molecule has 1 heterocycles. The Balaban J connectivity index is 1.63. The third-order valence-electron chi connectivity index (χ3n) is 3.93. The summed E-state index contributed by atoms with van der Waals surface area (Å²) in [6, 6.07) is 10.1. The van der Waals surface area contributed by atoms with Crippen molar-refractivity contribution in [1.29, 1.82) is 0 Å². The number of allylic oxidation sites excluding steroid dienone is 1. The molecule has 2 aromatic rings. The van der Waals surface area contributed by atoms with E-state index in [2.05, 4.69) is 27.4 Å². The second-order valence-electron chi connectivity index (χ2n) is 5.44. The highest BCUT2D eigenvalue weighted by molar-refractivity contribution is 5.70. The molecule has 114 valence electrons. The standard InChI is InChI=1S/C17H19N3O2/c21-10-14(8-12-4-2-1-3-5-12)18-9-13-6-7-15-16(13)19-11-20-17(15)22/h1-6,11,14,18,21H,7-10H2,(H,19,20,22)/t14-/m1/s1. The molecule has 1 aliphatic carbocycles. The van der Waals surface area contributed by atoms with E-state index in [0.29, 0.717) is 13.0 Å². The molecule has 0 fully saturated rings. The minimum Gasteiger partial charge on any atom is -0.395 e. The number of rotatable bonds is 6. The van der Waals surface area contributed by atoms with Gasteiger partial charge in [-0.25, -0.2) is 4.98 Å². The minimum atomic E-state index is -0.0701. The lowest BCUT2D eigenvalue weighted by molar-refractivity contribution is 0.245. The molecule has 5 heteroatoms. The summed E-state index contributed by atoms with van der Waals surface area (Å²) in [5.41, 5.74) is 3.63. The number of nitrogens with zero attached hydrogens (tertiary/aromatic N) is 1. The molecule has 1 aromatic carbocycles. The molecule has 3 N–H and O–H groups in total. The lowest BCUT2D eigenvalue weighted by Crippen LogP contribution is -2.35. The molecular weight excluding hydrogens is 278 g/mol. The number of benzene rings is 1. The fourth-order valence-electron chi connectivity index (χ4n) is 2.73. The van der Waals surface area contributed by atoms with Gasteiger partial charge in [-0.15, -0.1) is 0 Å². The first-order chi connectivity index (χ1) is 10.8. The molecule has 5 nitrogen and oxygen atoms in total. The van der Waals surface area contributed by atoms with E-state index in [4.69, 9.17) is 0 Å². The summed E-state index contributed by atoms with van der Waals surface area (Å²) in [6.45, 7) is 0.666. The molecule has 0 unspecified atom stereocenters. The average molecular weight is 297 g/mol. The highest BCUT2D eigenvalue weighted by atomic mass is 16.3. The van der Waals surface area contributed by atoms with Crippen molar-refractivity contribution < 1.29 is 5.11 Å². The van der Waals surface area contributed by atoms with Crippen molar-refractivity contribution in [1.82, 2.24) is 15.3 Å². The number of aliphatic hydroxyl groups is 1. The molecule has 0 aliphatic heterocycles. The third-order valence-corrected chi connectivity index (χ3v) is 3.93. The van der Waals surface area contributed by atoms with Crippen LogP contribution in [0.5, 0.6) is 0 Å². The van der Waals surface area contributed by atoms with Crippen LogP contribution in [0.1, 0.15) is 16.8 Å². The molecule has 0 saturated carbocycles. The van der Waals surface area contributed by atoms with E-state index in [9.17, 15) is 9.90 Å². The van der Waals surface area contributed by atoms with Gasteiger partial charge in [0.05, 0.1) is 18.6 Å². The molecule has 0 saturated heterocycles. The summed E-state index contributed by atoms with van der Waals surface area (Å²) in [6.07, 6.45) is 4.85. The molecule has 0 bridgehead atoms. The SMILES string of the molecule is O=c1[nH]cnc2c1CC=C2CN[C@@H](CO)Cc1ccccc1. The number of hydrogen-bond acceptors (Lipinski definition) is 4. The third kappa shape index (κ3) is 3.16. The summed E-state index contributed by atoms with van der Waals surface area (Å²) in [7, 11) is 0. The predicted octanol–water partition coefficient (Wildman–Crippen LogP) is 0.903. The normalized spacial score (nSPS) is 14.5. The van der Waals surface area contributed by atoms with Crippen LogP contribution in [0.15, 0.2) is 47.5 Å². The molecule has 0 spiro atoms. The van der Waals surface area contributed by atoms with Crippen LogP contribution in [-0.2, 0) is 12.8 Å². The van der Waals surface area contributed by atoms with Gasteiger partial charge in [-0.2, -0.15) is 0 Å². The predicted molar refractivity (Wildman–Crippen MR) is 85.6 cm³/mol. The first kappa shape index (κ1) is 14.7. The Morgan fingerprint density at radius 2 is 2.14 bits per heavy atom. The number of fused-ring (bicyclic) bond motifs is 1. The van der Waals surface area contributed by atoms with Gasteiger partial charge >= 0.3 is 0 Å². The maximum absolute atomic E-state index is 11.7. The van der Waals surface area contributed by atoms with Gasteiger partial charge in [-0.3, -0.25) is 4.79 Å². The maximum Gasteiger partial charge on any atom is 0.254 e. The molecule has 22 heavy (non-hydrogen) atoms. The smallest absolute Gasteiger partial charge is 0.254 e. The summed E-state index contributed by atoms with van der Waals surface area (Å²) in [4.78, 5) is 18.6. The second kappa shape index (κ2) is 6.68. The zero-order chi connectivity index (χ0) is 15.4. The zero-order valence-corrected chi connectivity index (χ0v) is 12.2. The molecule has 1 aliphatic rings. The summed E-state index contributed by atoms with van der Waals surface area (Å²) in [5.74, 6) is 0. The highest BCUT2D eigenvalue weighted by Crippen LogP contribution is 2.21. The van der Waals surface area contributed by atoms with Crippen LogP contribution in [-0.4, -0.2) is 34.3 Å². The number of aromatic amines is 1. The monoisotopic (exact) mass is 297 g/mol. The number of aliphatic hydroxyl groups excluding tert-OH is 1. The van der Waals surface area contributed by atoms with Crippen LogP contribution in [0.25, 0.3) is 5.57 Å². The van der Waals surface area contributed by atoms with Crippen molar-refractivity contribution in [2.24, 2.45) is 0 Å². The number of nitrogens with one attached hydrogen (secondary N) is 2. The number of H-pyrrole nitrogens is 1. The van der Waals surface area contributed by atoms with E-state index in [1.165, 1.54) is 11.9 Å². The first-order valence-corrected chi connectivity index (χ1v) is 7.42. The lowest BCUT2D eigenvalue weighted by Gasteiger charge is -2.17. The quantitative estimate of drug-likeness (QED) is 0.740. The second-order valence-corrected chi connectivity index (χ2v) is 5.44. The molecular formula is C17H19N3O2. The van der Waals surface area contributed by atoms with E-state index in [-0.39, 0.29) is 18.2 Å². The molecule has 3 rings (SSSR count). The van der Waals surface area contributed by atoms with Crippen LogP contribution in [0.2, 0.25) is 0 Å². The Hall–Kier alpha value is -2.24. The van der Waals surface area contributed by atoms with Gasteiger partial charge in [0.1, 0.15) is 0 Å². The van der Waals surface area contributed by atoms with Crippen LogP contribution >= 0.6 is 0 Å². The van der Waals surface area contributed by atoms with Gasteiger partial charge in [-0.1, -0.05) is 36.4 Å². The van der Waals surface area contributed by atoms with Crippen LogP contribution in [0.3, 0.4) is 0 Å². The van der Waals surface area contributed by atoms with Crippen molar-refractivity contribution >= 4 is 5.57 Å². The molecule has 1 atom stereocenters. The Morgan fingerprint density at radius 3 is 2.91 bits per heavy atom. The largest absolute Gasteiger partial charge is 0.395 e. The van der Waals surface area contributed by atoms with E-state index >= 15 is 0 Å². The summed E-state index contributed by atoms with van der Waals surface area (Å²) < 4.78 is 0. The van der Waals surface area contributed by atoms with Crippen molar-refractivity contribution in [3.8, 4) is 0 Å². The maximum atomic E-state index is 11.7. The fraction of sp³-hybridized carbons (Fsp3) is 0.294. The Bertz CT molecular complexity index is 722. The first-order valence-electron chi connectivity index (χ1n) is 7.42. The van der Waals surface area contributed by atoms with Crippen LogP contribution in [0.4, 0.5) is 0 Å². The summed E-state index contributed by atoms with van der Waals surface area (Å²) >= 11 is 0. The van der Waals surface area contributed by atoms with E-state index in [0.717, 1.165) is 23.3 Å².